The summed E-state index contributed by atoms with van der Waals surface area (Å²) >= 11 is 5.73. The molecule has 0 fully saturated rings. The molecule has 0 spiro atoms. The summed E-state index contributed by atoms with van der Waals surface area (Å²) in [6.07, 6.45) is -13.6. The van der Waals surface area contributed by atoms with Gasteiger partial charge >= 0.3 is 12.4 Å². The van der Waals surface area contributed by atoms with Crippen molar-refractivity contribution < 1.29 is 31.1 Å². The lowest BCUT2D eigenvalue weighted by Crippen LogP contribution is -2.46. The van der Waals surface area contributed by atoms with Crippen molar-refractivity contribution in [2.75, 3.05) is 6.26 Å². The van der Waals surface area contributed by atoms with Crippen LogP contribution in [0.3, 0.4) is 0 Å². The molecule has 118 valence electrons. The highest BCUT2D eigenvalue weighted by molar-refractivity contribution is 7.98. The van der Waals surface area contributed by atoms with Gasteiger partial charge in [-0.1, -0.05) is 18.3 Å². The van der Waals surface area contributed by atoms with Crippen molar-refractivity contribution in [2.24, 2.45) is 5.73 Å². The molecule has 0 saturated heterocycles. The van der Waals surface area contributed by atoms with E-state index in [4.69, 9.17) is 5.73 Å². The summed E-state index contributed by atoms with van der Waals surface area (Å²) in [4.78, 5) is -0.0267. The Morgan fingerprint density at radius 1 is 1.19 bits per heavy atom. The standard InChI is InChI=1S/C11H9F6NOS2/c1-21-6-4-2-3-5(7(6)8(18)20)19-9(10(12,13)14)11(15,16)17/h2-4,9H,1H3,(H2,18,20). The molecule has 10 heteroatoms. The number of benzene rings is 1. The van der Waals surface area contributed by atoms with Crippen LogP contribution in [-0.2, 0) is 0 Å². The van der Waals surface area contributed by atoms with Gasteiger partial charge in [-0.2, -0.15) is 26.3 Å². The molecule has 0 aromatic heterocycles. The van der Waals surface area contributed by atoms with Gasteiger partial charge in [0, 0.05) is 4.90 Å². The number of nitrogens with two attached hydrogens (primary N) is 1. The maximum atomic E-state index is 12.5. The van der Waals surface area contributed by atoms with Gasteiger partial charge in [0.15, 0.2) is 0 Å². The molecule has 0 heterocycles. The van der Waals surface area contributed by atoms with Gasteiger partial charge in [0.05, 0.1) is 5.56 Å². The van der Waals surface area contributed by atoms with Crippen LogP contribution in [0, 0.1) is 0 Å². The minimum atomic E-state index is -5.61. The Bertz CT molecular complexity index is 514. The predicted octanol–water partition coefficient (Wildman–Crippen LogP) is 3.91. The third kappa shape index (κ3) is 4.40. The molecule has 2 N–H and O–H groups in total. The Labute approximate surface area is 125 Å². The lowest BCUT2D eigenvalue weighted by molar-refractivity contribution is -0.299. The average molecular weight is 349 g/mol. The first-order chi connectivity index (χ1) is 9.48. The van der Waals surface area contributed by atoms with Gasteiger partial charge in [0.1, 0.15) is 10.7 Å². The van der Waals surface area contributed by atoms with E-state index in [1.165, 1.54) is 12.1 Å². The van der Waals surface area contributed by atoms with E-state index in [2.05, 4.69) is 17.0 Å². The first kappa shape index (κ1) is 17.9. The van der Waals surface area contributed by atoms with Crippen LogP contribution in [0.5, 0.6) is 5.75 Å². The highest BCUT2D eigenvalue weighted by Crippen LogP contribution is 2.38. The highest BCUT2D eigenvalue weighted by atomic mass is 32.2. The van der Waals surface area contributed by atoms with Crippen molar-refractivity contribution in [2.45, 2.75) is 23.4 Å². The van der Waals surface area contributed by atoms with Crippen LogP contribution in [0.4, 0.5) is 26.3 Å². The molecule has 0 unspecified atom stereocenters. The molecule has 0 aliphatic carbocycles. The summed E-state index contributed by atoms with van der Waals surface area (Å²) in [6.45, 7) is 0. The van der Waals surface area contributed by atoms with Gasteiger partial charge in [-0.3, -0.25) is 0 Å². The smallest absolute Gasteiger partial charge is 0.434 e. The number of thiocarbonyl (C=S) groups is 1. The number of rotatable bonds is 4. The Hall–Kier alpha value is -1.16. The average Bonchev–Trinajstić information content (AvgIpc) is 2.32. The largest absolute Gasteiger partial charge is 0.471 e. The van der Waals surface area contributed by atoms with Gasteiger partial charge < -0.3 is 10.5 Å². The van der Waals surface area contributed by atoms with E-state index in [1.54, 1.807) is 6.26 Å². The van der Waals surface area contributed by atoms with E-state index in [0.717, 1.165) is 17.8 Å². The van der Waals surface area contributed by atoms with Gasteiger partial charge in [0.25, 0.3) is 6.10 Å². The second kappa shape index (κ2) is 6.30. The second-order valence-corrected chi connectivity index (χ2v) is 5.07. The van der Waals surface area contributed by atoms with Crippen LogP contribution in [0.1, 0.15) is 5.56 Å². The maximum Gasteiger partial charge on any atom is 0.434 e. The van der Waals surface area contributed by atoms with E-state index in [-0.39, 0.29) is 10.6 Å². The Morgan fingerprint density at radius 2 is 1.71 bits per heavy atom. The zero-order chi connectivity index (χ0) is 16.4. The quantitative estimate of drug-likeness (QED) is 0.508. The van der Waals surface area contributed by atoms with E-state index in [0.29, 0.717) is 4.90 Å². The zero-order valence-electron chi connectivity index (χ0n) is 10.4. The first-order valence-electron chi connectivity index (χ1n) is 5.25. The normalized spacial score (nSPS) is 12.6. The Balaban J connectivity index is 3.31. The number of halogens is 6. The lowest BCUT2D eigenvalue weighted by Gasteiger charge is -2.25. The third-order valence-corrected chi connectivity index (χ3v) is 3.28. The van der Waals surface area contributed by atoms with Crippen LogP contribution >= 0.6 is 24.0 Å². The summed E-state index contributed by atoms with van der Waals surface area (Å²) in [5, 5.41) is 0. The molecule has 0 saturated carbocycles. The van der Waals surface area contributed by atoms with Crippen LogP contribution in [0.25, 0.3) is 0 Å². The van der Waals surface area contributed by atoms with Gasteiger partial charge in [-0.15, -0.1) is 11.8 Å². The fraction of sp³-hybridized carbons (Fsp3) is 0.364. The summed E-state index contributed by atoms with van der Waals surface area (Å²) in [6, 6.07) is 3.67. The number of ether oxygens (including phenoxy) is 1. The molecule has 0 radical (unpaired) electrons. The molecule has 1 rings (SSSR count). The molecule has 21 heavy (non-hydrogen) atoms. The molecule has 0 aliphatic heterocycles. The minimum absolute atomic E-state index is 0.154. The number of alkyl halides is 6. The maximum absolute atomic E-state index is 12.5. The minimum Gasteiger partial charge on any atom is -0.471 e. The molecule has 0 bridgehead atoms. The van der Waals surface area contributed by atoms with Crippen molar-refractivity contribution in [1.29, 1.82) is 0 Å². The van der Waals surface area contributed by atoms with Crippen molar-refractivity contribution in [1.82, 2.24) is 0 Å². The molecular formula is C11H9F6NOS2. The fourth-order valence-corrected chi connectivity index (χ4v) is 2.37. The Morgan fingerprint density at radius 3 is 2.10 bits per heavy atom. The summed E-state index contributed by atoms with van der Waals surface area (Å²) in [5.41, 5.74) is 5.21. The molecule has 0 amide bonds. The summed E-state index contributed by atoms with van der Waals surface area (Å²) in [5.74, 6) is -0.658. The monoisotopic (exact) mass is 349 g/mol. The van der Waals surface area contributed by atoms with Crippen molar-refractivity contribution in [3.05, 3.63) is 23.8 Å². The summed E-state index contributed by atoms with van der Waals surface area (Å²) < 4.78 is 79.2. The van der Waals surface area contributed by atoms with Crippen LogP contribution < -0.4 is 10.5 Å². The Kier molecular flexibility index (Phi) is 5.37. The van der Waals surface area contributed by atoms with E-state index >= 15 is 0 Å². The first-order valence-corrected chi connectivity index (χ1v) is 6.88. The predicted molar refractivity (Wildman–Crippen MR) is 70.6 cm³/mol. The van der Waals surface area contributed by atoms with Crippen molar-refractivity contribution >= 4 is 29.0 Å². The second-order valence-electron chi connectivity index (χ2n) is 3.78. The van der Waals surface area contributed by atoms with Crippen molar-refractivity contribution in [3.8, 4) is 5.75 Å². The van der Waals surface area contributed by atoms with E-state index < -0.39 is 24.2 Å². The molecule has 0 atom stereocenters. The topological polar surface area (TPSA) is 35.2 Å². The molecular weight excluding hydrogens is 340 g/mol. The fourth-order valence-electron chi connectivity index (χ4n) is 1.47. The van der Waals surface area contributed by atoms with Crippen LogP contribution in [-0.4, -0.2) is 29.7 Å². The molecule has 0 aliphatic rings. The van der Waals surface area contributed by atoms with E-state index in [9.17, 15) is 26.3 Å². The zero-order valence-corrected chi connectivity index (χ0v) is 12.0. The number of thioether (sulfide) groups is 1. The van der Waals surface area contributed by atoms with Gasteiger partial charge in [-0.25, -0.2) is 0 Å². The summed E-state index contributed by atoms with van der Waals surface area (Å²) in [7, 11) is 0. The highest BCUT2D eigenvalue weighted by Gasteiger charge is 2.59. The number of hydrogen-bond donors (Lipinski definition) is 1. The van der Waals surface area contributed by atoms with Gasteiger partial charge in [-0.05, 0) is 18.4 Å². The third-order valence-electron chi connectivity index (χ3n) is 2.29. The molecule has 2 nitrogen and oxygen atoms in total. The van der Waals surface area contributed by atoms with Crippen molar-refractivity contribution in [3.63, 3.8) is 0 Å². The van der Waals surface area contributed by atoms with Crippen LogP contribution in [0.2, 0.25) is 0 Å². The molecule has 1 aromatic rings. The van der Waals surface area contributed by atoms with E-state index in [1.807, 2.05) is 0 Å². The lowest BCUT2D eigenvalue weighted by atomic mass is 10.2. The number of hydrogen-bond acceptors (Lipinski definition) is 3. The molecule has 1 aromatic carbocycles. The van der Waals surface area contributed by atoms with Crippen LogP contribution in [0.15, 0.2) is 23.1 Å². The SMILES string of the molecule is CSc1cccc(OC(C(F)(F)F)C(F)(F)F)c1C(N)=S. The van der Waals surface area contributed by atoms with Gasteiger partial charge in [0.2, 0.25) is 0 Å².